The first-order valence-electron chi connectivity index (χ1n) is 13.0. The second kappa shape index (κ2) is 12.2. The molecule has 0 aliphatic carbocycles. The first-order chi connectivity index (χ1) is 19.5. The Kier molecular flexibility index (Phi) is 8.85. The molecular weight excluding hydrogens is 556 g/mol. The van der Waals surface area contributed by atoms with Gasteiger partial charge in [0.15, 0.2) is 0 Å². The quantitative estimate of drug-likeness (QED) is 0.177. The van der Waals surface area contributed by atoms with Crippen LogP contribution in [0.3, 0.4) is 0 Å². The molecule has 0 saturated heterocycles. The van der Waals surface area contributed by atoms with Gasteiger partial charge in [0.05, 0.1) is 0 Å². The number of rotatable bonds is 10. The third-order valence-corrected chi connectivity index (χ3v) is 9.12. The van der Waals surface area contributed by atoms with Crippen LogP contribution in [0.1, 0.15) is 49.9 Å². The Morgan fingerprint density at radius 1 is 0.561 bits per heavy atom. The van der Waals surface area contributed by atoms with E-state index in [0.717, 1.165) is 11.1 Å². The molecule has 0 spiro atoms. The van der Waals surface area contributed by atoms with Gasteiger partial charge >= 0.3 is 20.2 Å². The molecule has 4 aromatic rings. The summed E-state index contributed by atoms with van der Waals surface area (Å²) in [6.45, 7) is 7.77. The van der Waals surface area contributed by atoms with E-state index in [2.05, 4.69) is 0 Å². The average Bonchev–Trinajstić information content (AvgIpc) is 2.96. The van der Waals surface area contributed by atoms with Crippen LogP contribution >= 0.6 is 0 Å². The topological polar surface area (TPSA) is 86.7 Å². The number of hydrogen-bond acceptors (Lipinski definition) is 6. The van der Waals surface area contributed by atoms with Gasteiger partial charge in [-0.15, -0.1) is 0 Å². The Hall–Kier alpha value is -4.14. The van der Waals surface area contributed by atoms with Crippen LogP contribution in [0, 0.1) is 0 Å². The molecule has 0 aliphatic heterocycles. The largest absolute Gasteiger partial charge is 0.378 e. The van der Waals surface area contributed by atoms with Crippen molar-refractivity contribution in [2.45, 2.75) is 42.9 Å². The second-order valence-electron chi connectivity index (χ2n) is 9.83. The van der Waals surface area contributed by atoms with Gasteiger partial charge in [-0.25, -0.2) is 0 Å². The first kappa shape index (κ1) is 29.8. The van der Waals surface area contributed by atoms with E-state index in [1.807, 2.05) is 64.1 Å². The summed E-state index contributed by atoms with van der Waals surface area (Å²) >= 11 is 0. The lowest BCUT2D eigenvalue weighted by molar-refractivity contribution is 0.483. The molecule has 0 fully saturated rings. The molecule has 0 aromatic heterocycles. The molecule has 0 saturated carbocycles. The molecule has 0 heterocycles. The molecule has 4 aromatic carbocycles. The maximum Gasteiger partial charge on any atom is 0.339 e. The van der Waals surface area contributed by atoms with Gasteiger partial charge in [-0.3, -0.25) is 0 Å². The highest BCUT2D eigenvalue weighted by atomic mass is 32.2. The molecule has 0 atom stereocenters. The Morgan fingerprint density at radius 2 is 0.927 bits per heavy atom. The van der Waals surface area contributed by atoms with Crippen molar-refractivity contribution in [2.24, 2.45) is 0 Å². The number of hydrogen-bond donors (Lipinski definition) is 0. The van der Waals surface area contributed by atoms with Crippen LogP contribution in [-0.4, -0.2) is 16.8 Å². The summed E-state index contributed by atoms with van der Waals surface area (Å²) in [6, 6.07) is 26.8. The molecular formula is C33H32O6S2. The van der Waals surface area contributed by atoms with Gasteiger partial charge in [-0.05, 0) is 73.5 Å². The molecule has 8 heteroatoms. The van der Waals surface area contributed by atoms with Gasteiger partial charge in [-0.2, -0.15) is 16.8 Å². The fraction of sp³-hybridized carbons (Fsp3) is 0.152. The summed E-state index contributed by atoms with van der Waals surface area (Å²) in [4.78, 5) is 0.146. The van der Waals surface area contributed by atoms with Gasteiger partial charge in [-0.1, -0.05) is 86.7 Å². The Bertz CT molecular complexity index is 1660. The molecule has 0 radical (unpaired) electrons. The first-order valence-corrected chi connectivity index (χ1v) is 15.8. The van der Waals surface area contributed by atoms with Crippen molar-refractivity contribution in [1.82, 2.24) is 0 Å². The SMILES string of the molecule is CC=Cc1cc(C(C)(C)c2ccc(OS(=O)(=O)c3ccccc3)c(C=CC)c2)ccc1OS(=O)(=O)c1ccccc1. The van der Waals surface area contributed by atoms with Gasteiger partial charge in [0.2, 0.25) is 0 Å². The minimum Gasteiger partial charge on any atom is -0.378 e. The predicted octanol–water partition coefficient (Wildman–Crippen LogP) is 7.61. The summed E-state index contributed by atoms with van der Waals surface area (Å²) in [5, 5.41) is 0. The lowest BCUT2D eigenvalue weighted by atomic mass is 9.77. The minimum absolute atomic E-state index is 0.0731. The van der Waals surface area contributed by atoms with E-state index >= 15 is 0 Å². The van der Waals surface area contributed by atoms with E-state index in [4.69, 9.17) is 8.37 Å². The van der Waals surface area contributed by atoms with Crippen molar-refractivity contribution in [1.29, 1.82) is 0 Å². The van der Waals surface area contributed by atoms with E-state index in [1.54, 1.807) is 60.7 Å². The molecule has 0 amide bonds. The van der Waals surface area contributed by atoms with Gasteiger partial charge in [0.25, 0.3) is 0 Å². The summed E-state index contributed by atoms with van der Waals surface area (Å²) in [7, 11) is -8.02. The third kappa shape index (κ3) is 6.78. The van der Waals surface area contributed by atoms with Crippen molar-refractivity contribution >= 4 is 32.4 Å². The van der Waals surface area contributed by atoms with E-state index < -0.39 is 25.7 Å². The molecule has 4 rings (SSSR count). The van der Waals surface area contributed by atoms with Crippen LogP contribution in [0.5, 0.6) is 11.5 Å². The highest BCUT2D eigenvalue weighted by molar-refractivity contribution is 7.87. The molecule has 0 N–H and O–H groups in total. The van der Waals surface area contributed by atoms with E-state index in [1.165, 1.54) is 24.3 Å². The molecule has 0 aliphatic rings. The van der Waals surface area contributed by atoms with Crippen LogP contribution < -0.4 is 8.37 Å². The van der Waals surface area contributed by atoms with Crippen LogP contribution in [0.4, 0.5) is 0 Å². The molecule has 6 nitrogen and oxygen atoms in total. The van der Waals surface area contributed by atoms with Crippen molar-refractivity contribution in [3.8, 4) is 11.5 Å². The molecule has 41 heavy (non-hydrogen) atoms. The molecule has 0 unspecified atom stereocenters. The minimum atomic E-state index is -4.01. The second-order valence-corrected chi connectivity index (χ2v) is 12.9. The zero-order valence-electron chi connectivity index (χ0n) is 23.3. The maximum atomic E-state index is 12.9. The van der Waals surface area contributed by atoms with Crippen LogP contribution in [0.2, 0.25) is 0 Å². The number of benzene rings is 4. The zero-order valence-corrected chi connectivity index (χ0v) is 24.9. The maximum absolute atomic E-state index is 12.9. The smallest absolute Gasteiger partial charge is 0.339 e. The van der Waals surface area contributed by atoms with E-state index in [9.17, 15) is 16.8 Å². The van der Waals surface area contributed by atoms with Gasteiger partial charge in [0, 0.05) is 16.5 Å². The van der Waals surface area contributed by atoms with Crippen LogP contribution in [-0.2, 0) is 25.7 Å². The van der Waals surface area contributed by atoms with Crippen LogP contribution in [0.15, 0.2) is 119 Å². The van der Waals surface area contributed by atoms with Gasteiger partial charge in [0.1, 0.15) is 21.3 Å². The summed E-state index contributed by atoms with van der Waals surface area (Å²) in [6.07, 6.45) is 7.23. The molecule has 0 bridgehead atoms. The Morgan fingerprint density at radius 3 is 1.27 bits per heavy atom. The van der Waals surface area contributed by atoms with Crippen molar-refractivity contribution < 1.29 is 25.2 Å². The molecule has 212 valence electrons. The monoisotopic (exact) mass is 588 g/mol. The standard InChI is InChI=1S/C33H32O6S2/c1-5-13-25-23-27(19-21-31(25)38-40(34,35)29-15-9-7-10-16-29)33(3,4)28-20-22-32(26(24-28)14-6-2)39-41(36,37)30-17-11-8-12-18-30/h5-24H,1-4H3. The highest BCUT2D eigenvalue weighted by Crippen LogP contribution is 2.38. The average molecular weight is 589 g/mol. The van der Waals surface area contributed by atoms with Crippen molar-refractivity contribution in [3.63, 3.8) is 0 Å². The van der Waals surface area contributed by atoms with Crippen molar-refractivity contribution in [2.75, 3.05) is 0 Å². The highest BCUT2D eigenvalue weighted by Gasteiger charge is 2.27. The lowest BCUT2D eigenvalue weighted by Crippen LogP contribution is -2.20. The zero-order chi connectivity index (χ0) is 29.7. The van der Waals surface area contributed by atoms with Gasteiger partial charge < -0.3 is 8.37 Å². The normalized spacial score (nSPS) is 12.6. The lowest BCUT2D eigenvalue weighted by Gasteiger charge is -2.28. The number of allylic oxidation sites excluding steroid dienone is 2. The van der Waals surface area contributed by atoms with Crippen LogP contribution in [0.25, 0.3) is 12.2 Å². The third-order valence-electron chi connectivity index (χ3n) is 6.62. The Labute approximate surface area is 242 Å². The summed E-state index contributed by atoms with van der Waals surface area (Å²) < 4.78 is 62.6. The Balaban J connectivity index is 1.70. The van der Waals surface area contributed by atoms with E-state index in [-0.39, 0.29) is 21.3 Å². The summed E-state index contributed by atoms with van der Waals surface area (Å²) in [5.41, 5.74) is 2.50. The predicted molar refractivity (Wildman–Crippen MR) is 163 cm³/mol. The fourth-order valence-electron chi connectivity index (χ4n) is 4.32. The van der Waals surface area contributed by atoms with Crippen molar-refractivity contribution in [3.05, 3.63) is 131 Å². The fourth-order valence-corrected chi connectivity index (χ4v) is 6.27. The summed E-state index contributed by atoms with van der Waals surface area (Å²) in [5.74, 6) is 0.437. The van der Waals surface area contributed by atoms with E-state index in [0.29, 0.717) is 11.1 Å².